The van der Waals surface area contributed by atoms with Crippen LogP contribution in [0, 0.1) is 0 Å². The molecule has 0 fully saturated rings. The van der Waals surface area contributed by atoms with Gasteiger partial charge in [0.05, 0.1) is 12.2 Å². The molecule has 6 nitrogen and oxygen atoms in total. The van der Waals surface area contributed by atoms with Gasteiger partial charge in [0.1, 0.15) is 12.7 Å². The minimum atomic E-state index is -0.737. The van der Waals surface area contributed by atoms with E-state index < -0.39 is 11.8 Å². The SMILES string of the molecule is O=C(NCC1COc2ccccc2O1)C(=O)Nc1ccccc1Br. The average Bonchev–Trinajstić information content (AvgIpc) is 2.61. The van der Waals surface area contributed by atoms with Crippen LogP contribution in [0.3, 0.4) is 0 Å². The molecule has 3 rings (SSSR count). The van der Waals surface area contributed by atoms with Crippen LogP contribution < -0.4 is 20.1 Å². The second-order valence-corrected chi connectivity index (χ2v) is 6.00. The lowest BCUT2D eigenvalue weighted by Gasteiger charge is -2.26. The summed E-state index contributed by atoms with van der Waals surface area (Å²) in [5.74, 6) is -0.167. The number of amides is 2. The molecule has 2 aromatic carbocycles. The van der Waals surface area contributed by atoms with Gasteiger partial charge in [-0.15, -0.1) is 0 Å². The lowest BCUT2D eigenvalue weighted by Crippen LogP contribution is -2.44. The van der Waals surface area contributed by atoms with E-state index in [2.05, 4.69) is 26.6 Å². The van der Waals surface area contributed by atoms with Crippen LogP contribution in [0.15, 0.2) is 53.0 Å². The van der Waals surface area contributed by atoms with Gasteiger partial charge in [-0.1, -0.05) is 24.3 Å². The molecule has 0 radical (unpaired) electrons. The van der Waals surface area contributed by atoms with E-state index in [1.807, 2.05) is 24.3 Å². The predicted octanol–water partition coefficient (Wildman–Crippen LogP) is 2.34. The normalized spacial score (nSPS) is 15.5. The zero-order valence-electron chi connectivity index (χ0n) is 12.6. The Morgan fingerprint density at radius 1 is 1.04 bits per heavy atom. The maximum Gasteiger partial charge on any atom is 0.313 e. The first kappa shape index (κ1) is 16.3. The van der Waals surface area contributed by atoms with Gasteiger partial charge >= 0.3 is 11.8 Å². The van der Waals surface area contributed by atoms with Crippen LogP contribution in [0.5, 0.6) is 11.5 Å². The van der Waals surface area contributed by atoms with Crippen molar-refractivity contribution in [1.82, 2.24) is 5.32 Å². The molecule has 0 spiro atoms. The number of carbonyl (C=O) groups excluding carboxylic acids is 2. The summed E-state index contributed by atoms with van der Waals surface area (Å²) < 4.78 is 12.0. The van der Waals surface area contributed by atoms with Crippen molar-refractivity contribution in [2.45, 2.75) is 6.10 Å². The minimum Gasteiger partial charge on any atom is -0.486 e. The number of para-hydroxylation sites is 3. The number of carbonyl (C=O) groups is 2. The summed E-state index contributed by atoms with van der Waals surface area (Å²) in [6, 6.07) is 14.4. The second-order valence-electron chi connectivity index (χ2n) is 5.14. The van der Waals surface area contributed by atoms with Crippen LogP contribution in [-0.4, -0.2) is 31.1 Å². The van der Waals surface area contributed by atoms with Gasteiger partial charge < -0.3 is 20.1 Å². The predicted molar refractivity (Wildman–Crippen MR) is 92.1 cm³/mol. The highest BCUT2D eigenvalue weighted by molar-refractivity contribution is 9.10. The van der Waals surface area contributed by atoms with Crippen molar-refractivity contribution >= 4 is 33.4 Å². The molecular formula is C17H15BrN2O4. The van der Waals surface area contributed by atoms with Crippen molar-refractivity contribution in [2.75, 3.05) is 18.5 Å². The lowest BCUT2D eigenvalue weighted by atomic mass is 10.2. The van der Waals surface area contributed by atoms with Gasteiger partial charge in [0, 0.05) is 4.47 Å². The van der Waals surface area contributed by atoms with Crippen LogP contribution in [0.1, 0.15) is 0 Å². The Morgan fingerprint density at radius 2 is 1.75 bits per heavy atom. The van der Waals surface area contributed by atoms with E-state index in [4.69, 9.17) is 9.47 Å². The second kappa shape index (κ2) is 7.35. The van der Waals surface area contributed by atoms with Gasteiger partial charge in [-0.05, 0) is 40.2 Å². The molecule has 1 atom stereocenters. The van der Waals surface area contributed by atoms with Crippen molar-refractivity contribution in [2.24, 2.45) is 0 Å². The molecule has 1 unspecified atom stereocenters. The Balaban J connectivity index is 1.51. The number of halogens is 1. The summed E-state index contributed by atoms with van der Waals surface area (Å²) in [4.78, 5) is 23.8. The Bertz CT molecular complexity index is 766. The molecule has 0 bridgehead atoms. The van der Waals surface area contributed by atoms with Crippen molar-refractivity contribution in [3.63, 3.8) is 0 Å². The molecule has 2 aromatic rings. The topological polar surface area (TPSA) is 76.7 Å². The zero-order chi connectivity index (χ0) is 16.9. The zero-order valence-corrected chi connectivity index (χ0v) is 14.2. The number of hydrogen-bond donors (Lipinski definition) is 2. The molecule has 1 aliphatic rings. The van der Waals surface area contributed by atoms with E-state index in [1.165, 1.54) is 0 Å². The molecule has 2 N–H and O–H groups in total. The van der Waals surface area contributed by atoms with Crippen LogP contribution in [0.4, 0.5) is 5.69 Å². The highest BCUT2D eigenvalue weighted by Gasteiger charge is 2.22. The molecule has 1 aliphatic heterocycles. The first-order chi connectivity index (χ1) is 11.6. The minimum absolute atomic E-state index is 0.177. The number of ether oxygens (including phenoxy) is 2. The molecule has 124 valence electrons. The van der Waals surface area contributed by atoms with Gasteiger partial charge in [-0.25, -0.2) is 0 Å². The number of fused-ring (bicyclic) bond motifs is 1. The highest BCUT2D eigenvalue weighted by Crippen LogP contribution is 2.30. The standard InChI is InChI=1S/C17H15BrN2O4/c18-12-5-1-2-6-13(12)20-17(22)16(21)19-9-11-10-23-14-7-3-4-8-15(14)24-11/h1-8,11H,9-10H2,(H,19,21)(H,20,22). The molecule has 0 saturated heterocycles. The Kier molecular flexibility index (Phi) is 5.00. The number of anilines is 1. The summed E-state index contributed by atoms with van der Waals surface area (Å²) in [5.41, 5.74) is 0.531. The molecule has 7 heteroatoms. The summed E-state index contributed by atoms with van der Waals surface area (Å²) in [7, 11) is 0. The fraction of sp³-hybridized carbons (Fsp3) is 0.176. The maximum absolute atomic E-state index is 11.9. The van der Waals surface area contributed by atoms with E-state index in [0.717, 1.165) is 0 Å². The van der Waals surface area contributed by atoms with Crippen LogP contribution in [-0.2, 0) is 9.59 Å². The molecule has 0 aromatic heterocycles. The lowest BCUT2D eigenvalue weighted by molar-refractivity contribution is -0.136. The average molecular weight is 391 g/mol. The van der Waals surface area contributed by atoms with E-state index >= 15 is 0 Å². The van der Waals surface area contributed by atoms with Crippen LogP contribution in [0.2, 0.25) is 0 Å². The third-order valence-electron chi connectivity index (χ3n) is 3.39. The first-order valence-corrected chi connectivity index (χ1v) is 8.15. The van der Waals surface area contributed by atoms with E-state index in [-0.39, 0.29) is 12.6 Å². The van der Waals surface area contributed by atoms with Crippen molar-refractivity contribution < 1.29 is 19.1 Å². The Hall–Kier alpha value is -2.54. The van der Waals surface area contributed by atoms with E-state index in [0.29, 0.717) is 28.3 Å². The van der Waals surface area contributed by atoms with Crippen LogP contribution in [0.25, 0.3) is 0 Å². The molecule has 2 amide bonds. The quantitative estimate of drug-likeness (QED) is 0.788. The maximum atomic E-state index is 11.9. The van der Waals surface area contributed by atoms with Crippen LogP contribution >= 0.6 is 15.9 Å². The molecule has 1 heterocycles. The summed E-state index contributed by atoms with van der Waals surface area (Å²) in [6.45, 7) is 0.486. The van der Waals surface area contributed by atoms with Gasteiger partial charge in [-0.3, -0.25) is 9.59 Å². The Labute approximate surface area is 147 Å². The third-order valence-corrected chi connectivity index (χ3v) is 4.08. The fourth-order valence-corrected chi connectivity index (χ4v) is 2.58. The summed E-state index contributed by atoms with van der Waals surface area (Å²) in [6.07, 6.45) is -0.347. The molecule has 0 saturated carbocycles. The number of benzene rings is 2. The molecular weight excluding hydrogens is 376 g/mol. The third kappa shape index (κ3) is 3.86. The first-order valence-electron chi connectivity index (χ1n) is 7.35. The van der Waals surface area contributed by atoms with Gasteiger partial charge in [-0.2, -0.15) is 0 Å². The fourth-order valence-electron chi connectivity index (χ4n) is 2.19. The van der Waals surface area contributed by atoms with Gasteiger partial charge in [0.15, 0.2) is 11.5 Å². The highest BCUT2D eigenvalue weighted by atomic mass is 79.9. The number of hydrogen-bond acceptors (Lipinski definition) is 4. The molecule has 24 heavy (non-hydrogen) atoms. The smallest absolute Gasteiger partial charge is 0.313 e. The van der Waals surface area contributed by atoms with Gasteiger partial charge in [0.2, 0.25) is 0 Å². The van der Waals surface area contributed by atoms with E-state index in [9.17, 15) is 9.59 Å². The Morgan fingerprint density at radius 3 is 2.54 bits per heavy atom. The number of nitrogens with one attached hydrogen (secondary N) is 2. The summed E-state index contributed by atoms with van der Waals surface area (Å²) >= 11 is 3.31. The van der Waals surface area contributed by atoms with Gasteiger partial charge in [0.25, 0.3) is 0 Å². The molecule has 0 aliphatic carbocycles. The van der Waals surface area contributed by atoms with Crippen molar-refractivity contribution in [1.29, 1.82) is 0 Å². The largest absolute Gasteiger partial charge is 0.486 e. The summed E-state index contributed by atoms with van der Waals surface area (Å²) in [5, 5.41) is 5.09. The van der Waals surface area contributed by atoms with Crippen molar-refractivity contribution in [3.05, 3.63) is 53.0 Å². The number of rotatable bonds is 3. The van der Waals surface area contributed by atoms with E-state index in [1.54, 1.807) is 24.3 Å². The monoisotopic (exact) mass is 390 g/mol. The van der Waals surface area contributed by atoms with Crippen molar-refractivity contribution in [3.8, 4) is 11.5 Å².